The smallest absolute Gasteiger partial charge is 0.210 e. The molecule has 0 radical (unpaired) electrons. The van der Waals surface area contributed by atoms with Crippen LogP contribution in [-0.4, -0.2) is 42.4 Å². The van der Waals surface area contributed by atoms with E-state index in [4.69, 9.17) is 0 Å². The molecule has 1 aliphatic rings. The molecule has 0 aliphatic carbocycles. The number of nitrogens with zero attached hydrogens (tertiary/aromatic N) is 2. The van der Waals surface area contributed by atoms with Gasteiger partial charge in [-0.1, -0.05) is 13.8 Å². The fourth-order valence-electron chi connectivity index (χ4n) is 1.71. The summed E-state index contributed by atoms with van der Waals surface area (Å²) in [4.78, 5) is 3.82. The van der Waals surface area contributed by atoms with Gasteiger partial charge >= 0.3 is 0 Å². The van der Waals surface area contributed by atoms with Gasteiger partial charge in [0.15, 0.2) is 0 Å². The standard InChI is InChI=1S/C9H19FN2.HI/c1-3-5-11-7-8-12(6-4-2)9(11)10;/h9H,3-8H2,1-2H3;1H. The van der Waals surface area contributed by atoms with Crippen LogP contribution in [0.15, 0.2) is 0 Å². The van der Waals surface area contributed by atoms with E-state index in [9.17, 15) is 4.39 Å². The summed E-state index contributed by atoms with van der Waals surface area (Å²) < 4.78 is 13.5. The average Bonchev–Trinajstić information content (AvgIpc) is 2.38. The predicted molar refractivity (Wildman–Crippen MR) is 64.0 cm³/mol. The van der Waals surface area contributed by atoms with Gasteiger partial charge in [0.1, 0.15) is 0 Å². The van der Waals surface area contributed by atoms with Crippen molar-refractivity contribution in [2.75, 3.05) is 26.2 Å². The topological polar surface area (TPSA) is 6.48 Å². The molecule has 80 valence electrons. The summed E-state index contributed by atoms with van der Waals surface area (Å²) in [5, 5.41) is 0. The first-order chi connectivity index (χ1) is 5.79. The van der Waals surface area contributed by atoms with Gasteiger partial charge in [-0.25, -0.2) is 4.39 Å². The molecule has 1 heterocycles. The first kappa shape index (κ1) is 13.6. The van der Waals surface area contributed by atoms with Crippen molar-refractivity contribution in [1.29, 1.82) is 0 Å². The second-order valence-electron chi connectivity index (χ2n) is 3.38. The Kier molecular flexibility index (Phi) is 7.26. The van der Waals surface area contributed by atoms with Gasteiger partial charge in [0.2, 0.25) is 6.42 Å². The Balaban J connectivity index is 0.00000144. The van der Waals surface area contributed by atoms with Gasteiger partial charge in [0, 0.05) is 26.2 Å². The first-order valence-corrected chi connectivity index (χ1v) is 4.91. The van der Waals surface area contributed by atoms with Crippen molar-refractivity contribution in [2.24, 2.45) is 0 Å². The van der Waals surface area contributed by atoms with Gasteiger partial charge in [-0.2, -0.15) is 0 Å². The maximum Gasteiger partial charge on any atom is 0.210 e. The van der Waals surface area contributed by atoms with Crippen molar-refractivity contribution in [2.45, 2.75) is 33.1 Å². The van der Waals surface area contributed by atoms with Crippen LogP contribution in [0.25, 0.3) is 0 Å². The molecule has 1 saturated heterocycles. The zero-order chi connectivity index (χ0) is 8.97. The van der Waals surface area contributed by atoms with E-state index in [0.29, 0.717) is 0 Å². The SMILES string of the molecule is CCCN1CCN(CCC)C1F.I. The molecule has 0 aromatic carbocycles. The van der Waals surface area contributed by atoms with E-state index in [1.54, 1.807) is 0 Å². The number of halogens is 2. The molecular formula is C9H20FIN2. The van der Waals surface area contributed by atoms with Crippen LogP contribution in [0.1, 0.15) is 26.7 Å². The highest BCUT2D eigenvalue weighted by atomic mass is 127. The Morgan fingerprint density at radius 2 is 1.46 bits per heavy atom. The summed E-state index contributed by atoms with van der Waals surface area (Å²) >= 11 is 0. The summed E-state index contributed by atoms with van der Waals surface area (Å²) in [5.74, 6) is 0. The fourth-order valence-corrected chi connectivity index (χ4v) is 1.71. The molecule has 0 saturated carbocycles. The zero-order valence-corrected chi connectivity index (χ0v) is 10.8. The minimum atomic E-state index is -0.815. The second kappa shape index (κ2) is 6.95. The number of alkyl halides is 1. The summed E-state index contributed by atoms with van der Waals surface area (Å²) in [6.07, 6.45) is 1.27. The molecular weight excluding hydrogens is 282 g/mol. The molecule has 0 spiro atoms. The molecule has 0 aromatic heterocycles. The lowest BCUT2D eigenvalue weighted by molar-refractivity contribution is 0.0175. The Morgan fingerprint density at radius 1 is 1.08 bits per heavy atom. The molecule has 1 aliphatic heterocycles. The van der Waals surface area contributed by atoms with Crippen LogP contribution in [0, 0.1) is 0 Å². The van der Waals surface area contributed by atoms with Crippen molar-refractivity contribution in [3.63, 3.8) is 0 Å². The largest absolute Gasteiger partial charge is 0.260 e. The Bertz CT molecular complexity index is 121. The highest BCUT2D eigenvalue weighted by molar-refractivity contribution is 14.0. The van der Waals surface area contributed by atoms with Crippen molar-refractivity contribution in [3.05, 3.63) is 0 Å². The van der Waals surface area contributed by atoms with E-state index >= 15 is 0 Å². The highest BCUT2D eigenvalue weighted by Crippen LogP contribution is 2.15. The van der Waals surface area contributed by atoms with Crippen molar-refractivity contribution in [1.82, 2.24) is 9.80 Å². The first-order valence-electron chi connectivity index (χ1n) is 4.91. The number of rotatable bonds is 4. The zero-order valence-electron chi connectivity index (χ0n) is 8.50. The molecule has 13 heavy (non-hydrogen) atoms. The highest BCUT2D eigenvalue weighted by Gasteiger charge is 2.29. The maximum atomic E-state index is 13.5. The normalized spacial score (nSPS) is 20.5. The minimum absolute atomic E-state index is 0. The van der Waals surface area contributed by atoms with E-state index in [1.807, 2.05) is 9.80 Å². The lowest BCUT2D eigenvalue weighted by atomic mass is 10.4. The Hall–Kier alpha value is 0.580. The third kappa shape index (κ3) is 3.67. The third-order valence-electron chi connectivity index (χ3n) is 2.30. The predicted octanol–water partition coefficient (Wildman–Crippen LogP) is 2.30. The van der Waals surface area contributed by atoms with Crippen molar-refractivity contribution < 1.29 is 4.39 Å². The van der Waals surface area contributed by atoms with E-state index in [2.05, 4.69) is 13.8 Å². The van der Waals surface area contributed by atoms with E-state index in [1.165, 1.54) is 0 Å². The van der Waals surface area contributed by atoms with Crippen LogP contribution in [0.4, 0.5) is 4.39 Å². The molecule has 4 heteroatoms. The monoisotopic (exact) mass is 302 g/mol. The van der Waals surface area contributed by atoms with Gasteiger partial charge in [-0.3, -0.25) is 9.80 Å². The lowest BCUT2D eigenvalue weighted by Gasteiger charge is -2.22. The van der Waals surface area contributed by atoms with E-state index in [-0.39, 0.29) is 24.0 Å². The molecule has 0 N–H and O–H groups in total. The maximum absolute atomic E-state index is 13.5. The molecule has 1 rings (SSSR count). The van der Waals surface area contributed by atoms with Crippen LogP contribution in [0.5, 0.6) is 0 Å². The Labute approximate surface area is 97.5 Å². The van der Waals surface area contributed by atoms with Gasteiger partial charge in [0.25, 0.3) is 0 Å². The van der Waals surface area contributed by atoms with Crippen molar-refractivity contribution >= 4 is 24.0 Å². The summed E-state index contributed by atoms with van der Waals surface area (Å²) in [6, 6.07) is 0. The van der Waals surface area contributed by atoms with E-state index < -0.39 is 6.42 Å². The minimum Gasteiger partial charge on any atom is -0.260 e. The second-order valence-corrected chi connectivity index (χ2v) is 3.38. The molecule has 2 nitrogen and oxygen atoms in total. The average molecular weight is 302 g/mol. The molecule has 0 aromatic rings. The molecule has 0 amide bonds. The van der Waals surface area contributed by atoms with E-state index in [0.717, 1.165) is 39.0 Å². The van der Waals surface area contributed by atoms with Crippen LogP contribution in [0.2, 0.25) is 0 Å². The molecule has 0 atom stereocenters. The third-order valence-corrected chi connectivity index (χ3v) is 2.30. The summed E-state index contributed by atoms with van der Waals surface area (Å²) in [7, 11) is 0. The Morgan fingerprint density at radius 3 is 1.77 bits per heavy atom. The number of hydrogen-bond donors (Lipinski definition) is 0. The van der Waals surface area contributed by atoms with Gasteiger partial charge < -0.3 is 0 Å². The molecule has 0 bridgehead atoms. The van der Waals surface area contributed by atoms with Crippen LogP contribution >= 0.6 is 24.0 Å². The lowest BCUT2D eigenvalue weighted by Crippen LogP contribution is -2.35. The summed E-state index contributed by atoms with van der Waals surface area (Å²) in [5.41, 5.74) is 0. The summed E-state index contributed by atoms with van der Waals surface area (Å²) in [6.45, 7) is 7.76. The van der Waals surface area contributed by atoms with Crippen LogP contribution in [0.3, 0.4) is 0 Å². The van der Waals surface area contributed by atoms with Crippen molar-refractivity contribution in [3.8, 4) is 0 Å². The molecule has 1 fully saturated rings. The van der Waals surface area contributed by atoms with Gasteiger partial charge in [-0.05, 0) is 12.8 Å². The van der Waals surface area contributed by atoms with Crippen LogP contribution < -0.4 is 0 Å². The van der Waals surface area contributed by atoms with Gasteiger partial charge in [0.05, 0.1) is 0 Å². The quantitative estimate of drug-likeness (QED) is 0.581. The number of hydrogen-bond acceptors (Lipinski definition) is 2. The van der Waals surface area contributed by atoms with Gasteiger partial charge in [-0.15, -0.1) is 24.0 Å². The molecule has 0 unspecified atom stereocenters. The fraction of sp³-hybridized carbons (Fsp3) is 1.00. The van der Waals surface area contributed by atoms with Crippen LogP contribution in [-0.2, 0) is 0 Å².